The Kier molecular flexibility index (Phi) is 6.20. The van der Waals surface area contributed by atoms with Crippen LogP contribution < -0.4 is 9.46 Å². The number of hydrogen-bond acceptors (Lipinski definition) is 5. The zero-order valence-electron chi connectivity index (χ0n) is 15.3. The second-order valence-corrected chi connectivity index (χ2v) is 7.60. The Morgan fingerprint density at radius 3 is 2.62 bits per heavy atom. The first kappa shape index (κ1) is 19.7. The smallest absolute Gasteiger partial charge is 0.262 e. The fourth-order valence-corrected chi connectivity index (χ4v) is 3.47. The molecule has 140 valence electrons. The third-order valence-corrected chi connectivity index (χ3v) is 5.22. The predicted molar refractivity (Wildman–Crippen MR) is 99.9 cm³/mol. The lowest BCUT2D eigenvalue weighted by molar-refractivity contribution is 0.0751. The largest absolute Gasteiger partial charge is 0.492 e. The van der Waals surface area contributed by atoms with Crippen molar-refractivity contribution < 1.29 is 17.9 Å². The second-order valence-electron chi connectivity index (χ2n) is 5.95. The zero-order chi connectivity index (χ0) is 19.3. The van der Waals surface area contributed by atoms with E-state index in [9.17, 15) is 13.2 Å². The standard InChI is InChI=1S/C18H23N3O4S/c1-5-25-15-10-14(11-19-12-15)20-26(23,24)17-9-7-6-8-16(17)18(22)21(4)13(2)3/h6-13,20H,5H2,1-4H3. The zero-order valence-corrected chi connectivity index (χ0v) is 16.1. The first-order valence-corrected chi connectivity index (χ1v) is 9.71. The van der Waals surface area contributed by atoms with E-state index in [4.69, 9.17) is 4.74 Å². The number of aromatic nitrogens is 1. The van der Waals surface area contributed by atoms with Crippen LogP contribution in [0.25, 0.3) is 0 Å². The van der Waals surface area contributed by atoms with Crippen molar-refractivity contribution >= 4 is 21.6 Å². The van der Waals surface area contributed by atoms with Gasteiger partial charge in [-0.2, -0.15) is 0 Å². The molecule has 2 aromatic rings. The summed E-state index contributed by atoms with van der Waals surface area (Å²) in [6, 6.07) is 7.61. The molecule has 0 aliphatic rings. The molecule has 1 aromatic heterocycles. The Morgan fingerprint density at radius 2 is 1.96 bits per heavy atom. The van der Waals surface area contributed by atoms with Crippen LogP contribution in [0.15, 0.2) is 47.6 Å². The molecule has 0 radical (unpaired) electrons. The van der Waals surface area contributed by atoms with Crippen LogP contribution in [0.2, 0.25) is 0 Å². The van der Waals surface area contributed by atoms with Gasteiger partial charge in [-0.15, -0.1) is 0 Å². The molecule has 0 aliphatic heterocycles. The lowest BCUT2D eigenvalue weighted by Gasteiger charge is -2.22. The SMILES string of the molecule is CCOc1cncc(NS(=O)(=O)c2ccccc2C(=O)N(C)C(C)C)c1. The molecule has 26 heavy (non-hydrogen) atoms. The number of anilines is 1. The van der Waals surface area contributed by atoms with Crippen molar-refractivity contribution in [2.45, 2.75) is 31.7 Å². The molecule has 0 spiro atoms. The molecule has 1 heterocycles. The predicted octanol–water partition coefficient (Wildman–Crippen LogP) is 2.76. The minimum Gasteiger partial charge on any atom is -0.492 e. The molecule has 7 nitrogen and oxygen atoms in total. The highest BCUT2D eigenvalue weighted by molar-refractivity contribution is 7.92. The monoisotopic (exact) mass is 377 g/mol. The van der Waals surface area contributed by atoms with E-state index >= 15 is 0 Å². The van der Waals surface area contributed by atoms with Gasteiger partial charge in [-0.3, -0.25) is 14.5 Å². The number of amides is 1. The Bertz CT molecular complexity index is 882. The highest BCUT2D eigenvalue weighted by Gasteiger charge is 2.25. The van der Waals surface area contributed by atoms with Crippen LogP contribution in [0.5, 0.6) is 5.75 Å². The van der Waals surface area contributed by atoms with Crippen molar-refractivity contribution in [1.82, 2.24) is 9.88 Å². The third kappa shape index (κ3) is 4.51. The van der Waals surface area contributed by atoms with Gasteiger partial charge in [0, 0.05) is 19.2 Å². The van der Waals surface area contributed by atoms with Crippen molar-refractivity contribution in [2.75, 3.05) is 18.4 Å². The van der Waals surface area contributed by atoms with Gasteiger partial charge >= 0.3 is 0 Å². The van der Waals surface area contributed by atoms with Crippen LogP contribution in [0, 0.1) is 0 Å². The Morgan fingerprint density at radius 1 is 1.27 bits per heavy atom. The van der Waals surface area contributed by atoms with Gasteiger partial charge in [-0.05, 0) is 32.9 Å². The Labute approximate surface area is 154 Å². The number of sulfonamides is 1. The van der Waals surface area contributed by atoms with Crippen molar-refractivity contribution in [1.29, 1.82) is 0 Å². The number of rotatable bonds is 7. The lowest BCUT2D eigenvalue weighted by atomic mass is 10.2. The summed E-state index contributed by atoms with van der Waals surface area (Å²) in [7, 11) is -2.33. The molecule has 0 aliphatic carbocycles. The highest BCUT2D eigenvalue weighted by Crippen LogP contribution is 2.23. The fraction of sp³-hybridized carbons (Fsp3) is 0.333. The number of hydrogen-bond donors (Lipinski definition) is 1. The molecule has 8 heteroatoms. The lowest BCUT2D eigenvalue weighted by Crippen LogP contribution is -2.34. The molecular formula is C18H23N3O4S. The van der Waals surface area contributed by atoms with E-state index in [1.807, 2.05) is 20.8 Å². The topological polar surface area (TPSA) is 88.6 Å². The Hall–Kier alpha value is -2.61. The van der Waals surface area contributed by atoms with Crippen LogP contribution in [-0.4, -0.2) is 43.9 Å². The van der Waals surface area contributed by atoms with Gasteiger partial charge in [0.25, 0.3) is 15.9 Å². The van der Waals surface area contributed by atoms with Gasteiger partial charge in [0.1, 0.15) is 10.6 Å². The maximum atomic E-state index is 12.8. The third-order valence-electron chi connectivity index (χ3n) is 3.78. The minimum absolute atomic E-state index is 0.0571. The van der Waals surface area contributed by atoms with E-state index in [1.54, 1.807) is 25.2 Å². The first-order chi connectivity index (χ1) is 12.3. The van der Waals surface area contributed by atoms with Crippen LogP contribution in [0.4, 0.5) is 5.69 Å². The number of pyridine rings is 1. The summed E-state index contributed by atoms with van der Waals surface area (Å²) < 4.78 is 33.5. The van der Waals surface area contributed by atoms with Gasteiger partial charge < -0.3 is 9.64 Å². The van der Waals surface area contributed by atoms with E-state index in [-0.39, 0.29) is 28.1 Å². The molecule has 0 atom stereocenters. The van der Waals surface area contributed by atoms with E-state index in [1.165, 1.54) is 29.4 Å². The Balaban J connectivity index is 2.38. The summed E-state index contributed by atoms with van der Waals surface area (Å²) >= 11 is 0. The summed E-state index contributed by atoms with van der Waals surface area (Å²) in [4.78, 5) is 18.0. The summed E-state index contributed by atoms with van der Waals surface area (Å²) in [5.41, 5.74) is 0.375. The summed E-state index contributed by atoms with van der Waals surface area (Å²) in [5.74, 6) is 0.0961. The average Bonchev–Trinajstić information content (AvgIpc) is 2.60. The number of nitrogens with one attached hydrogen (secondary N) is 1. The van der Waals surface area contributed by atoms with E-state index in [2.05, 4.69) is 9.71 Å². The maximum Gasteiger partial charge on any atom is 0.262 e. The highest BCUT2D eigenvalue weighted by atomic mass is 32.2. The molecule has 1 amide bonds. The number of nitrogens with zero attached hydrogens (tertiary/aromatic N) is 2. The molecule has 0 saturated heterocycles. The van der Waals surface area contributed by atoms with Crippen molar-refractivity contribution in [3.63, 3.8) is 0 Å². The minimum atomic E-state index is -3.97. The van der Waals surface area contributed by atoms with Crippen LogP contribution in [0.3, 0.4) is 0 Å². The van der Waals surface area contributed by atoms with E-state index < -0.39 is 10.0 Å². The maximum absolute atomic E-state index is 12.8. The van der Waals surface area contributed by atoms with Crippen LogP contribution in [0.1, 0.15) is 31.1 Å². The molecule has 0 saturated carbocycles. The number of carbonyl (C=O) groups is 1. The van der Waals surface area contributed by atoms with Crippen molar-refractivity contribution in [2.24, 2.45) is 0 Å². The molecule has 2 rings (SSSR count). The van der Waals surface area contributed by atoms with Gasteiger partial charge in [0.2, 0.25) is 0 Å². The molecule has 0 unspecified atom stereocenters. The summed E-state index contributed by atoms with van der Waals surface area (Å²) in [5, 5.41) is 0. The number of ether oxygens (including phenoxy) is 1. The molecule has 0 fully saturated rings. The van der Waals surface area contributed by atoms with Gasteiger partial charge in [0.15, 0.2) is 0 Å². The van der Waals surface area contributed by atoms with E-state index in [0.717, 1.165) is 0 Å². The quantitative estimate of drug-likeness (QED) is 0.801. The second kappa shape index (κ2) is 8.18. The number of benzene rings is 1. The molecule has 1 aromatic carbocycles. The van der Waals surface area contributed by atoms with E-state index in [0.29, 0.717) is 12.4 Å². The average molecular weight is 377 g/mol. The molecule has 0 bridgehead atoms. The fourth-order valence-electron chi connectivity index (χ4n) is 2.23. The van der Waals surface area contributed by atoms with Crippen molar-refractivity contribution in [3.8, 4) is 5.75 Å². The van der Waals surface area contributed by atoms with Crippen LogP contribution in [-0.2, 0) is 10.0 Å². The van der Waals surface area contributed by atoms with Crippen LogP contribution >= 0.6 is 0 Å². The molecular weight excluding hydrogens is 354 g/mol. The van der Waals surface area contributed by atoms with Crippen molar-refractivity contribution in [3.05, 3.63) is 48.3 Å². The van der Waals surface area contributed by atoms with Gasteiger partial charge in [0.05, 0.1) is 30.3 Å². The molecule has 1 N–H and O–H groups in total. The summed E-state index contributed by atoms with van der Waals surface area (Å²) in [6.07, 6.45) is 2.88. The number of carbonyl (C=O) groups excluding carboxylic acids is 1. The van der Waals surface area contributed by atoms with Gasteiger partial charge in [-0.25, -0.2) is 8.42 Å². The summed E-state index contributed by atoms with van der Waals surface area (Å²) in [6.45, 7) is 5.98. The first-order valence-electron chi connectivity index (χ1n) is 8.23. The normalized spacial score (nSPS) is 11.3. The van der Waals surface area contributed by atoms with Gasteiger partial charge in [-0.1, -0.05) is 12.1 Å².